The van der Waals surface area contributed by atoms with E-state index in [-0.39, 0.29) is 5.82 Å². The van der Waals surface area contributed by atoms with Gasteiger partial charge in [-0.15, -0.1) is 0 Å². The summed E-state index contributed by atoms with van der Waals surface area (Å²) in [6, 6.07) is 14.3. The average molecular weight is 284 g/mol. The standard InChI is InChI=1S/C16H13FN2S/c17-13-7-5-11(6-8-13)16(20)19-10-12-9-18-15-4-2-1-3-14(12)15/h1-9,18H,10H2,(H,19,20). The van der Waals surface area contributed by atoms with Crippen molar-refractivity contribution in [1.29, 1.82) is 0 Å². The Morgan fingerprint density at radius 1 is 1.10 bits per heavy atom. The summed E-state index contributed by atoms with van der Waals surface area (Å²) < 4.78 is 12.9. The highest BCUT2D eigenvalue weighted by Gasteiger charge is 2.05. The molecule has 0 saturated carbocycles. The average Bonchev–Trinajstić information content (AvgIpc) is 2.89. The van der Waals surface area contributed by atoms with Crippen LogP contribution in [0.15, 0.2) is 54.7 Å². The van der Waals surface area contributed by atoms with Crippen LogP contribution in [-0.2, 0) is 6.54 Å². The molecule has 1 heterocycles. The van der Waals surface area contributed by atoms with E-state index in [1.54, 1.807) is 12.1 Å². The molecule has 4 heteroatoms. The van der Waals surface area contributed by atoms with Gasteiger partial charge in [-0.1, -0.05) is 30.4 Å². The second-order valence-corrected chi connectivity index (χ2v) is 4.96. The van der Waals surface area contributed by atoms with Gasteiger partial charge in [0.1, 0.15) is 10.8 Å². The lowest BCUT2D eigenvalue weighted by Gasteiger charge is -2.07. The molecule has 20 heavy (non-hydrogen) atoms. The highest BCUT2D eigenvalue weighted by molar-refractivity contribution is 7.80. The quantitative estimate of drug-likeness (QED) is 0.716. The molecular weight excluding hydrogens is 271 g/mol. The van der Waals surface area contributed by atoms with Crippen LogP contribution in [0.1, 0.15) is 11.1 Å². The van der Waals surface area contributed by atoms with Crippen molar-refractivity contribution in [3.05, 3.63) is 71.7 Å². The van der Waals surface area contributed by atoms with Crippen LogP contribution in [-0.4, -0.2) is 9.97 Å². The molecular formula is C16H13FN2S. The maximum Gasteiger partial charge on any atom is 0.123 e. The van der Waals surface area contributed by atoms with Gasteiger partial charge >= 0.3 is 0 Å². The van der Waals surface area contributed by atoms with Crippen LogP contribution in [0.4, 0.5) is 4.39 Å². The molecule has 0 amide bonds. The first kappa shape index (κ1) is 12.8. The van der Waals surface area contributed by atoms with Gasteiger partial charge in [-0.25, -0.2) is 4.39 Å². The molecule has 1 aromatic heterocycles. The first-order valence-electron chi connectivity index (χ1n) is 6.33. The Bertz CT molecular complexity index is 747. The minimum absolute atomic E-state index is 0.256. The first-order chi connectivity index (χ1) is 9.74. The zero-order valence-corrected chi connectivity index (χ0v) is 11.5. The number of nitrogens with one attached hydrogen (secondary N) is 2. The highest BCUT2D eigenvalue weighted by Crippen LogP contribution is 2.17. The SMILES string of the molecule is Fc1ccc(C(=S)NCc2c[nH]c3ccccc23)cc1. The van der Waals surface area contributed by atoms with Gasteiger partial charge in [0.2, 0.25) is 0 Å². The summed E-state index contributed by atoms with van der Waals surface area (Å²) in [7, 11) is 0. The zero-order valence-electron chi connectivity index (χ0n) is 10.7. The Hall–Kier alpha value is -2.20. The molecule has 100 valence electrons. The Morgan fingerprint density at radius 2 is 1.85 bits per heavy atom. The Kier molecular flexibility index (Phi) is 3.48. The molecule has 0 aliphatic carbocycles. The second kappa shape index (κ2) is 5.43. The van der Waals surface area contributed by atoms with Gasteiger partial charge in [0, 0.05) is 29.2 Å². The molecule has 2 nitrogen and oxygen atoms in total. The molecule has 0 aliphatic heterocycles. The summed E-state index contributed by atoms with van der Waals surface area (Å²) in [6.45, 7) is 0.639. The summed E-state index contributed by atoms with van der Waals surface area (Å²) in [5.41, 5.74) is 3.09. The van der Waals surface area contributed by atoms with Crippen molar-refractivity contribution in [2.24, 2.45) is 0 Å². The van der Waals surface area contributed by atoms with Gasteiger partial charge in [0.15, 0.2) is 0 Å². The van der Waals surface area contributed by atoms with Crippen molar-refractivity contribution in [3.63, 3.8) is 0 Å². The fraction of sp³-hybridized carbons (Fsp3) is 0.0625. The van der Waals surface area contributed by atoms with E-state index in [2.05, 4.69) is 16.4 Å². The molecule has 0 bridgehead atoms. The van der Waals surface area contributed by atoms with E-state index in [4.69, 9.17) is 12.2 Å². The minimum atomic E-state index is -0.256. The van der Waals surface area contributed by atoms with E-state index in [0.29, 0.717) is 11.5 Å². The monoisotopic (exact) mass is 284 g/mol. The van der Waals surface area contributed by atoms with Gasteiger partial charge in [0.25, 0.3) is 0 Å². The van der Waals surface area contributed by atoms with E-state index < -0.39 is 0 Å². The number of rotatable bonds is 3. The number of hydrogen-bond acceptors (Lipinski definition) is 1. The zero-order chi connectivity index (χ0) is 13.9. The third-order valence-electron chi connectivity index (χ3n) is 3.22. The largest absolute Gasteiger partial charge is 0.372 e. The number of aromatic nitrogens is 1. The molecule has 2 aromatic carbocycles. The number of hydrogen-bond donors (Lipinski definition) is 2. The van der Waals surface area contributed by atoms with Crippen molar-refractivity contribution in [2.45, 2.75) is 6.54 Å². The van der Waals surface area contributed by atoms with Crippen molar-refractivity contribution in [3.8, 4) is 0 Å². The molecule has 3 rings (SSSR count). The van der Waals surface area contributed by atoms with Crippen LogP contribution < -0.4 is 5.32 Å². The minimum Gasteiger partial charge on any atom is -0.372 e. The Balaban J connectivity index is 1.73. The van der Waals surface area contributed by atoms with E-state index in [1.165, 1.54) is 17.5 Å². The summed E-state index contributed by atoms with van der Waals surface area (Å²) in [5.74, 6) is -0.256. The van der Waals surface area contributed by atoms with Crippen LogP contribution in [0.25, 0.3) is 10.9 Å². The number of aromatic amines is 1. The molecule has 0 unspecified atom stereocenters. The maximum absolute atomic E-state index is 12.9. The first-order valence-corrected chi connectivity index (χ1v) is 6.73. The van der Waals surface area contributed by atoms with Crippen molar-refractivity contribution in [1.82, 2.24) is 10.3 Å². The molecule has 0 atom stereocenters. The number of fused-ring (bicyclic) bond motifs is 1. The van der Waals surface area contributed by atoms with Crippen molar-refractivity contribution in [2.75, 3.05) is 0 Å². The van der Waals surface area contributed by atoms with Crippen LogP contribution in [0, 0.1) is 5.82 Å². The molecule has 3 aromatic rings. The topological polar surface area (TPSA) is 27.8 Å². The van der Waals surface area contributed by atoms with E-state index >= 15 is 0 Å². The summed E-state index contributed by atoms with van der Waals surface area (Å²) >= 11 is 5.32. The van der Waals surface area contributed by atoms with Gasteiger partial charge < -0.3 is 10.3 Å². The van der Waals surface area contributed by atoms with Gasteiger partial charge in [-0.2, -0.15) is 0 Å². The van der Waals surface area contributed by atoms with Crippen molar-refractivity contribution < 1.29 is 4.39 Å². The predicted octanol–water partition coefficient (Wildman–Crippen LogP) is 3.77. The lowest BCUT2D eigenvalue weighted by atomic mass is 10.1. The van der Waals surface area contributed by atoms with E-state index in [1.807, 2.05) is 24.4 Å². The lowest BCUT2D eigenvalue weighted by Crippen LogP contribution is -2.21. The van der Waals surface area contributed by atoms with Crippen LogP contribution in [0.5, 0.6) is 0 Å². The summed E-state index contributed by atoms with van der Waals surface area (Å²) in [5, 5.41) is 4.38. The number of benzene rings is 2. The predicted molar refractivity (Wildman–Crippen MR) is 83.2 cm³/mol. The highest BCUT2D eigenvalue weighted by atomic mass is 32.1. The number of thiocarbonyl (C=S) groups is 1. The molecule has 0 fully saturated rings. The second-order valence-electron chi connectivity index (χ2n) is 4.55. The summed E-state index contributed by atoms with van der Waals surface area (Å²) in [4.78, 5) is 3.85. The number of halogens is 1. The molecule has 0 radical (unpaired) electrons. The van der Waals surface area contributed by atoms with Crippen LogP contribution >= 0.6 is 12.2 Å². The number of para-hydroxylation sites is 1. The lowest BCUT2D eigenvalue weighted by molar-refractivity contribution is 0.627. The smallest absolute Gasteiger partial charge is 0.123 e. The van der Waals surface area contributed by atoms with Gasteiger partial charge in [-0.05, 0) is 35.9 Å². The third-order valence-corrected chi connectivity index (χ3v) is 3.60. The van der Waals surface area contributed by atoms with Crippen molar-refractivity contribution >= 4 is 28.1 Å². The molecule has 0 aliphatic rings. The third kappa shape index (κ3) is 2.56. The van der Waals surface area contributed by atoms with Crippen LogP contribution in [0.2, 0.25) is 0 Å². The van der Waals surface area contributed by atoms with E-state index in [0.717, 1.165) is 16.6 Å². The normalized spacial score (nSPS) is 10.7. The molecule has 0 saturated heterocycles. The van der Waals surface area contributed by atoms with Gasteiger partial charge in [-0.3, -0.25) is 0 Å². The Labute approximate surface area is 121 Å². The van der Waals surface area contributed by atoms with Crippen LogP contribution in [0.3, 0.4) is 0 Å². The molecule has 2 N–H and O–H groups in total. The summed E-state index contributed by atoms with van der Waals surface area (Å²) in [6.07, 6.45) is 1.98. The number of H-pyrrole nitrogens is 1. The fourth-order valence-corrected chi connectivity index (χ4v) is 2.36. The van der Waals surface area contributed by atoms with Gasteiger partial charge in [0.05, 0.1) is 0 Å². The Morgan fingerprint density at radius 3 is 2.65 bits per heavy atom. The molecule has 0 spiro atoms. The maximum atomic E-state index is 12.9. The van der Waals surface area contributed by atoms with E-state index in [9.17, 15) is 4.39 Å². The fourth-order valence-electron chi connectivity index (χ4n) is 2.16.